The van der Waals surface area contributed by atoms with E-state index in [1.54, 1.807) is 44.4 Å². The van der Waals surface area contributed by atoms with E-state index >= 15 is 0 Å². The third-order valence-corrected chi connectivity index (χ3v) is 4.61. The first-order chi connectivity index (χ1) is 12.0. The van der Waals surface area contributed by atoms with Crippen LogP contribution in [0.2, 0.25) is 0 Å². The minimum atomic E-state index is -0.402. The summed E-state index contributed by atoms with van der Waals surface area (Å²) in [5.74, 6) is 0.442. The quantitative estimate of drug-likeness (QED) is 0.840. The Balaban J connectivity index is 1.60. The molecule has 0 bridgehead atoms. The number of rotatable bonds is 6. The smallest absolute Gasteiger partial charge is 0.258 e. The first-order valence-corrected chi connectivity index (χ1v) is 8.29. The predicted octanol–water partition coefficient (Wildman–Crippen LogP) is 3.60. The molecule has 0 aliphatic heterocycles. The zero-order valence-corrected chi connectivity index (χ0v) is 14.4. The highest BCUT2D eigenvalue weighted by Crippen LogP contribution is 2.42. The van der Waals surface area contributed by atoms with Crippen molar-refractivity contribution in [2.75, 3.05) is 24.4 Å². The molecule has 1 aromatic heterocycles. The highest BCUT2D eigenvalue weighted by Gasteiger charge is 2.44. The van der Waals surface area contributed by atoms with E-state index in [2.05, 4.69) is 10.6 Å². The van der Waals surface area contributed by atoms with Gasteiger partial charge in [0.05, 0.1) is 17.6 Å². The Morgan fingerprint density at radius 3 is 2.28 bits per heavy atom. The second-order valence-corrected chi connectivity index (χ2v) is 6.50. The Bertz CT molecular complexity index is 760. The van der Waals surface area contributed by atoms with Crippen LogP contribution in [0.15, 0.2) is 41.0 Å². The van der Waals surface area contributed by atoms with Crippen LogP contribution in [-0.2, 0) is 9.53 Å². The van der Waals surface area contributed by atoms with Gasteiger partial charge in [-0.25, -0.2) is 0 Å². The lowest BCUT2D eigenvalue weighted by molar-refractivity contribution is -0.134. The van der Waals surface area contributed by atoms with E-state index in [1.165, 1.54) is 6.26 Å². The molecule has 0 atom stereocenters. The molecule has 1 aromatic carbocycles. The van der Waals surface area contributed by atoms with E-state index in [9.17, 15) is 9.59 Å². The third kappa shape index (κ3) is 3.74. The van der Waals surface area contributed by atoms with E-state index in [1.807, 2.05) is 0 Å². The highest BCUT2D eigenvalue weighted by atomic mass is 16.5. The largest absolute Gasteiger partial charge is 0.469 e. The molecule has 0 saturated heterocycles. The van der Waals surface area contributed by atoms with Crippen molar-refractivity contribution in [3.8, 4) is 0 Å². The number of carbonyl (C=O) groups excluding carboxylic acids is 2. The molecule has 6 heteroatoms. The van der Waals surface area contributed by atoms with E-state index in [0.717, 1.165) is 19.3 Å². The van der Waals surface area contributed by atoms with Crippen LogP contribution in [0.4, 0.5) is 11.4 Å². The lowest BCUT2D eigenvalue weighted by Crippen LogP contribution is -2.45. The van der Waals surface area contributed by atoms with Crippen LogP contribution >= 0.6 is 0 Å². The van der Waals surface area contributed by atoms with Gasteiger partial charge in [0.1, 0.15) is 12.0 Å². The monoisotopic (exact) mass is 342 g/mol. The van der Waals surface area contributed by atoms with Crippen molar-refractivity contribution in [2.45, 2.75) is 26.2 Å². The standard InChI is InChI=1S/C19H22N2O4/c1-13-10-14(11-25-13)17(22)20-15-4-6-16(7-5-15)21-18(23)19(12-24-2)8-3-9-19/h4-7,10-11H,3,8-9,12H2,1-2H3,(H,20,22)(H,21,23). The second kappa shape index (κ2) is 7.11. The summed E-state index contributed by atoms with van der Waals surface area (Å²) >= 11 is 0. The van der Waals surface area contributed by atoms with Crippen molar-refractivity contribution in [1.82, 2.24) is 0 Å². The molecule has 25 heavy (non-hydrogen) atoms. The van der Waals surface area contributed by atoms with Crippen LogP contribution in [-0.4, -0.2) is 25.5 Å². The lowest BCUT2D eigenvalue weighted by Gasteiger charge is -2.39. The normalized spacial score (nSPS) is 15.3. The average Bonchev–Trinajstić information content (AvgIpc) is 2.99. The highest BCUT2D eigenvalue weighted by molar-refractivity contribution is 6.04. The summed E-state index contributed by atoms with van der Waals surface area (Å²) in [6.45, 7) is 2.23. The molecule has 1 aliphatic carbocycles. The van der Waals surface area contributed by atoms with E-state index in [0.29, 0.717) is 29.3 Å². The SMILES string of the molecule is COCC1(C(=O)Nc2ccc(NC(=O)c3coc(C)c3)cc2)CCC1. The maximum atomic E-state index is 12.5. The van der Waals surface area contributed by atoms with Gasteiger partial charge in [0, 0.05) is 18.5 Å². The van der Waals surface area contributed by atoms with Crippen LogP contribution in [0.1, 0.15) is 35.4 Å². The van der Waals surface area contributed by atoms with Crippen molar-refractivity contribution in [3.05, 3.63) is 47.9 Å². The maximum Gasteiger partial charge on any atom is 0.258 e. The number of amides is 2. The Kier molecular flexibility index (Phi) is 4.90. The number of furan rings is 1. The number of hydrogen-bond acceptors (Lipinski definition) is 4. The number of hydrogen-bond donors (Lipinski definition) is 2. The Morgan fingerprint density at radius 1 is 1.16 bits per heavy atom. The molecule has 6 nitrogen and oxygen atoms in total. The zero-order chi connectivity index (χ0) is 17.9. The van der Waals surface area contributed by atoms with Gasteiger partial charge in [0.25, 0.3) is 5.91 Å². The Hall–Kier alpha value is -2.60. The predicted molar refractivity (Wildman–Crippen MR) is 94.6 cm³/mol. The summed E-state index contributed by atoms with van der Waals surface area (Å²) < 4.78 is 10.3. The van der Waals surface area contributed by atoms with Crippen molar-refractivity contribution in [2.24, 2.45) is 5.41 Å². The molecule has 1 aliphatic rings. The fraction of sp³-hybridized carbons (Fsp3) is 0.368. The summed E-state index contributed by atoms with van der Waals surface area (Å²) in [5, 5.41) is 5.73. The molecule has 2 N–H and O–H groups in total. The summed E-state index contributed by atoms with van der Waals surface area (Å²) in [6, 6.07) is 8.73. The molecule has 3 rings (SSSR count). The van der Waals surface area contributed by atoms with Crippen molar-refractivity contribution < 1.29 is 18.7 Å². The summed E-state index contributed by atoms with van der Waals surface area (Å²) in [6.07, 6.45) is 4.18. The molecular formula is C19H22N2O4. The van der Waals surface area contributed by atoms with Crippen molar-refractivity contribution >= 4 is 23.2 Å². The summed E-state index contributed by atoms with van der Waals surface area (Å²) in [7, 11) is 1.62. The van der Waals surface area contributed by atoms with Crippen LogP contribution in [0.5, 0.6) is 0 Å². The van der Waals surface area contributed by atoms with Crippen LogP contribution < -0.4 is 10.6 Å². The number of benzene rings is 1. The fourth-order valence-corrected chi connectivity index (χ4v) is 2.98. The van der Waals surface area contributed by atoms with Crippen molar-refractivity contribution in [3.63, 3.8) is 0 Å². The summed E-state index contributed by atoms with van der Waals surface area (Å²) in [4.78, 5) is 24.6. The van der Waals surface area contributed by atoms with E-state index < -0.39 is 5.41 Å². The molecular weight excluding hydrogens is 320 g/mol. The van der Waals surface area contributed by atoms with Gasteiger partial charge in [-0.3, -0.25) is 9.59 Å². The first kappa shape index (κ1) is 17.2. The number of nitrogens with one attached hydrogen (secondary N) is 2. The number of carbonyl (C=O) groups is 2. The zero-order valence-electron chi connectivity index (χ0n) is 14.4. The average molecular weight is 342 g/mol. The molecule has 132 valence electrons. The van der Waals surface area contributed by atoms with E-state index in [-0.39, 0.29) is 11.8 Å². The molecule has 1 saturated carbocycles. The molecule has 0 unspecified atom stereocenters. The number of anilines is 2. The van der Waals surface area contributed by atoms with E-state index in [4.69, 9.17) is 9.15 Å². The Morgan fingerprint density at radius 2 is 1.80 bits per heavy atom. The van der Waals surface area contributed by atoms with Crippen LogP contribution in [0.25, 0.3) is 0 Å². The minimum absolute atomic E-state index is 0.00809. The fourth-order valence-electron chi connectivity index (χ4n) is 2.98. The van der Waals surface area contributed by atoms with Crippen molar-refractivity contribution in [1.29, 1.82) is 0 Å². The third-order valence-electron chi connectivity index (χ3n) is 4.61. The Labute approximate surface area is 146 Å². The summed E-state index contributed by atoms with van der Waals surface area (Å²) in [5.41, 5.74) is 1.42. The maximum absolute atomic E-state index is 12.5. The van der Waals surface area contributed by atoms with Gasteiger partial charge in [0.15, 0.2) is 0 Å². The van der Waals surface area contributed by atoms with Crippen LogP contribution in [0, 0.1) is 12.3 Å². The first-order valence-electron chi connectivity index (χ1n) is 8.29. The van der Waals surface area contributed by atoms with Gasteiger partial charge in [-0.15, -0.1) is 0 Å². The van der Waals surface area contributed by atoms with Gasteiger partial charge in [-0.2, -0.15) is 0 Å². The van der Waals surface area contributed by atoms with Crippen LogP contribution in [0.3, 0.4) is 0 Å². The van der Waals surface area contributed by atoms with Gasteiger partial charge < -0.3 is 19.8 Å². The molecule has 1 heterocycles. The van der Waals surface area contributed by atoms with Gasteiger partial charge in [-0.1, -0.05) is 6.42 Å². The molecule has 0 spiro atoms. The van der Waals surface area contributed by atoms with Gasteiger partial charge in [0.2, 0.25) is 5.91 Å². The molecule has 2 aromatic rings. The van der Waals surface area contributed by atoms with Gasteiger partial charge in [-0.05, 0) is 50.1 Å². The number of aryl methyl sites for hydroxylation is 1. The molecule has 1 fully saturated rings. The molecule has 0 radical (unpaired) electrons. The van der Waals surface area contributed by atoms with Gasteiger partial charge >= 0.3 is 0 Å². The minimum Gasteiger partial charge on any atom is -0.469 e. The lowest BCUT2D eigenvalue weighted by atomic mass is 9.68. The number of methoxy groups -OCH3 is 1. The number of ether oxygens (including phenoxy) is 1. The molecule has 2 amide bonds. The second-order valence-electron chi connectivity index (χ2n) is 6.50. The topological polar surface area (TPSA) is 80.6 Å².